The number of aromatic amines is 1. The molecule has 0 aliphatic rings. The number of aromatic nitrogens is 4. The number of hydrogen-bond acceptors (Lipinski definition) is 4. The highest BCUT2D eigenvalue weighted by Crippen LogP contribution is 2.17. The van der Waals surface area contributed by atoms with E-state index in [1.54, 1.807) is 31.3 Å². The number of nitrogens with one attached hydrogen (secondary N) is 2. The zero-order valence-electron chi connectivity index (χ0n) is 13.1. The Hall–Kier alpha value is -2.96. The highest BCUT2D eigenvalue weighted by molar-refractivity contribution is 6.12. The summed E-state index contributed by atoms with van der Waals surface area (Å²) in [6.07, 6.45) is 1.52. The van der Waals surface area contributed by atoms with Crippen LogP contribution in [0.4, 0.5) is 5.95 Å². The van der Waals surface area contributed by atoms with Crippen molar-refractivity contribution in [3.63, 3.8) is 0 Å². The van der Waals surface area contributed by atoms with Crippen LogP contribution in [0.25, 0.3) is 10.8 Å². The molecule has 7 heteroatoms. The largest absolute Gasteiger partial charge is 0.317 e. The van der Waals surface area contributed by atoms with Gasteiger partial charge < -0.3 is 4.57 Å². The summed E-state index contributed by atoms with van der Waals surface area (Å²) in [5.74, 6) is 0.750. The molecule has 3 aromatic rings. The third-order valence-corrected chi connectivity index (χ3v) is 3.61. The van der Waals surface area contributed by atoms with E-state index in [1.165, 1.54) is 10.8 Å². The predicted octanol–water partition coefficient (Wildman–Crippen LogP) is 2.03. The first-order chi connectivity index (χ1) is 11.0. The zero-order valence-corrected chi connectivity index (χ0v) is 13.1. The Morgan fingerprint density at radius 1 is 1.26 bits per heavy atom. The van der Waals surface area contributed by atoms with E-state index < -0.39 is 0 Å². The summed E-state index contributed by atoms with van der Waals surface area (Å²) < 4.78 is 1.40. The number of benzene rings is 1. The summed E-state index contributed by atoms with van der Waals surface area (Å²) in [6, 6.07) is 7.03. The van der Waals surface area contributed by atoms with E-state index in [2.05, 4.69) is 20.5 Å². The molecule has 118 valence electrons. The first kappa shape index (κ1) is 15.0. The van der Waals surface area contributed by atoms with Gasteiger partial charge in [0.25, 0.3) is 11.5 Å². The van der Waals surface area contributed by atoms with Crippen molar-refractivity contribution in [1.29, 1.82) is 0 Å². The molecule has 0 fully saturated rings. The first-order valence-corrected chi connectivity index (χ1v) is 7.29. The van der Waals surface area contributed by atoms with Gasteiger partial charge in [-0.2, -0.15) is 4.98 Å². The molecule has 2 heterocycles. The van der Waals surface area contributed by atoms with Crippen molar-refractivity contribution in [2.75, 3.05) is 5.32 Å². The van der Waals surface area contributed by atoms with Crippen LogP contribution in [0.3, 0.4) is 0 Å². The number of anilines is 1. The van der Waals surface area contributed by atoms with Crippen LogP contribution >= 0.6 is 0 Å². The Morgan fingerprint density at radius 3 is 2.61 bits per heavy atom. The van der Waals surface area contributed by atoms with E-state index in [0.717, 1.165) is 0 Å². The van der Waals surface area contributed by atoms with Gasteiger partial charge in [-0.1, -0.05) is 32.0 Å². The molecule has 3 rings (SSSR count). The number of carbonyl (C=O) groups is 1. The lowest BCUT2D eigenvalue weighted by Crippen LogP contribution is -2.21. The molecule has 0 aliphatic carbocycles. The molecular weight excluding hydrogens is 294 g/mol. The first-order valence-electron chi connectivity index (χ1n) is 7.29. The van der Waals surface area contributed by atoms with Crippen molar-refractivity contribution >= 4 is 22.6 Å². The maximum Gasteiger partial charge on any atom is 0.260 e. The van der Waals surface area contributed by atoms with Gasteiger partial charge in [0.15, 0.2) is 0 Å². The molecule has 0 spiro atoms. The van der Waals surface area contributed by atoms with Crippen LogP contribution in [0.2, 0.25) is 0 Å². The van der Waals surface area contributed by atoms with Gasteiger partial charge in [-0.3, -0.25) is 20.0 Å². The van der Waals surface area contributed by atoms with E-state index >= 15 is 0 Å². The molecule has 0 radical (unpaired) electrons. The zero-order chi connectivity index (χ0) is 16.6. The Morgan fingerprint density at radius 2 is 1.96 bits per heavy atom. The molecule has 0 bridgehead atoms. The van der Waals surface area contributed by atoms with E-state index in [4.69, 9.17) is 0 Å². The number of aryl methyl sites for hydroxylation is 1. The van der Waals surface area contributed by atoms with Crippen molar-refractivity contribution in [2.45, 2.75) is 19.8 Å². The fourth-order valence-corrected chi connectivity index (χ4v) is 2.35. The van der Waals surface area contributed by atoms with Crippen molar-refractivity contribution in [3.8, 4) is 0 Å². The van der Waals surface area contributed by atoms with Gasteiger partial charge >= 0.3 is 0 Å². The molecule has 2 N–H and O–H groups in total. The van der Waals surface area contributed by atoms with Crippen LogP contribution in [0.1, 0.15) is 35.9 Å². The quantitative estimate of drug-likeness (QED) is 0.774. The molecule has 23 heavy (non-hydrogen) atoms. The number of nitrogens with zero attached hydrogens (tertiary/aromatic N) is 3. The summed E-state index contributed by atoms with van der Waals surface area (Å²) in [7, 11) is 1.62. The van der Waals surface area contributed by atoms with Crippen molar-refractivity contribution < 1.29 is 4.79 Å². The number of pyridine rings is 1. The van der Waals surface area contributed by atoms with Crippen LogP contribution in [0.5, 0.6) is 0 Å². The van der Waals surface area contributed by atoms with Gasteiger partial charge in [0.1, 0.15) is 5.82 Å². The highest BCUT2D eigenvalue weighted by Gasteiger charge is 2.16. The smallest absolute Gasteiger partial charge is 0.260 e. The van der Waals surface area contributed by atoms with E-state index in [9.17, 15) is 9.59 Å². The predicted molar refractivity (Wildman–Crippen MR) is 87.6 cm³/mol. The minimum Gasteiger partial charge on any atom is -0.317 e. The topological polar surface area (TPSA) is 92.7 Å². The minimum absolute atomic E-state index is 0.142. The second-order valence-electron chi connectivity index (χ2n) is 5.66. The van der Waals surface area contributed by atoms with Gasteiger partial charge in [-0.25, -0.2) is 0 Å². The monoisotopic (exact) mass is 311 g/mol. The Labute approximate surface area is 132 Å². The summed E-state index contributed by atoms with van der Waals surface area (Å²) in [5, 5.41) is 10.5. The SMILES string of the molecule is CC(C)c1nc(NC(=O)c2cn(C)c(=O)c3ccccc23)n[nH]1. The van der Waals surface area contributed by atoms with Crippen LogP contribution in [-0.2, 0) is 7.05 Å². The molecule has 0 saturated heterocycles. The fourth-order valence-electron chi connectivity index (χ4n) is 2.35. The average Bonchev–Trinajstić information content (AvgIpc) is 2.99. The third kappa shape index (κ3) is 2.73. The number of H-pyrrole nitrogens is 1. The fraction of sp³-hybridized carbons (Fsp3) is 0.250. The standard InChI is InChI=1S/C16H17N5O2/c1-9(2)13-17-16(20-19-13)18-14(22)12-8-21(3)15(23)11-7-5-4-6-10(11)12/h4-9H,1-3H3,(H2,17,18,19,20,22). The van der Waals surface area contributed by atoms with Crippen LogP contribution in [-0.4, -0.2) is 25.7 Å². The molecule has 0 saturated carbocycles. The molecule has 0 aliphatic heterocycles. The number of amides is 1. The van der Waals surface area contributed by atoms with Crippen LogP contribution in [0.15, 0.2) is 35.3 Å². The Balaban J connectivity index is 2.01. The number of carbonyl (C=O) groups excluding carboxylic acids is 1. The highest BCUT2D eigenvalue weighted by atomic mass is 16.2. The van der Waals surface area contributed by atoms with Gasteiger partial charge in [0.2, 0.25) is 5.95 Å². The number of hydrogen-bond donors (Lipinski definition) is 2. The minimum atomic E-state index is -0.355. The van der Waals surface area contributed by atoms with E-state index in [0.29, 0.717) is 22.2 Å². The maximum absolute atomic E-state index is 12.6. The summed E-state index contributed by atoms with van der Waals surface area (Å²) in [6.45, 7) is 3.96. The van der Waals surface area contributed by atoms with E-state index in [1.807, 2.05) is 13.8 Å². The van der Waals surface area contributed by atoms with Gasteiger partial charge in [0.05, 0.1) is 5.56 Å². The number of fused-ring (bicyclic) bond motifs is 1. The normalized spacial score (nSPS) is 11.1. The summed E-state index contributed by atoms with van der Waals surface area (Å²) in [4.78, 5) is 28.9. The third-order valence-electron chi connectivity index (χ3n) is 3.61. The van der Waals surface area contributed by atoms with Crippen molar-refractivity contribution in [3.05, 3.63) is 52.2 Å². The Kier molecular flexibility index (Phi) is 3.69. The molecule has 0 atom stereocenters. The van der Waals surface area contributed by atoms with Crippen LogP contribution in [0, 0.1) is 0 Å². The second-order valence-corrected chi connectivity index (χ2v) is 5.66. The van der Waals surface area contributed by atoms with Crippen molar-refractivity contribution in [1.82, 2.24) is 19.7 Å². The maximum atomic E-state index is 12.6. The molecule has 7 nitrogen and oxygen atoms in total. The second kappa shape index (κ2) is 5.68. The molecule has 1 aromatic carbocycles. The molecule has 1 amide bonds. The lowest BCUT2D eigenvalue weighted by Gasteiger charge is -2.08. The van der Waals surface area contributed by atoms with Gasteiger partial charge in [0, 0.05) is 29.9 Å². The lowest BCUT2D eigenvalue weighted by atomic mass is 10.1. The molecular formula is C16H17N5O2. The van der Waals surface area contributed by atoms with Gasteiger partial charge in [-0.05, 0) is 6.07 Å². The average molecular weight is 311 g/mol. The lowest BCUT2D eigenvalue weighted by molar-refractivity contribution is 0.102. The van der Waals surface area contributed by atoms with Crippen molar-refractivity contribution in [2.24, 2.45) is 7.05 Å². The Bertz CT molecular complexity index is 939. The van der Waals surface area contributed by atoms with Gasteiger partial charge in [-0.15, -0.1) is 5.10 Å². The summed E-state index contributed by atoms with van der Waals surface area (Å²) in [5.41, 5.74) is 0.260. The molecule has 2 aromatic heterocycles. The van der Waals surface area contributed by atoms with E-state index in [-0.39, 0.29) is 23.3 Å². The summed E-state index contributed by atoms with van der Waals surface area (Å²) >= 11 is 0. The molecule has 0 unspecified atom stereocenters. The van der Waals surface area contributed by atoms with Crippen LogP contribution < -0.4 is 10.9 Å². The number of rotatable bonds is 3.